The minimum atomic E-state index is -0.833. The van der Waals surface area contributed by atoms with E-state index < -0.39 is 5.60 Å². The number of rotatable bonds is 6. The molecule has 1 atom stereocenters. The highest BCUT2D eigenvalue weighted by Crippen LogP contribution is 2.22. The molecule has 1 aliphatic heterocycles. The van der Waals surface area contributed by atoms with Crippen LogP contribution in [0.15, 0.2) is 29.9 Å². The van der Waals surface area contributed by atoms with Gasteiger partial charge in [-0.1, -0.05) is 0 Å². The fraction of sp³-hybridized carbons (Fsp3) is 0.500. The van der Waals surface area contributed by atoms with E-state index in [9.17, 15) is 5.11 Å². The lowest BCUT2D eigenvalue weighted by molar-refractivity contribution is -0.0260. The molecule has 0 aliphatic carbocycles. The molecular formula is C16H22N4O2S. The maximum absolute atomic E-state index is 10.4. The van der Waals surface area contributed by atoms with Crippen molar-refractivity contribution >= 4 is 11.3 Å². The minimum Gasteiger partial charge on any atom is -0.385 e. The van der Waals surface area contributed by atoms with Crippen molar-refractivity contribution in [3.05, 3.63) is 35.6 Å². The molecule has 3 heterocycles. The van der Waals surface area contributed by atoms with Gasteiger partial charge in [-0.05, 0) is 12.1 Å². The summed E-state index contributed by atoms with van der Waals surface area (Å²) in [7, 11) is 0. The predicted molar refractivity (Wildman–Crippen MR) is 90.6 cm³/mol. The molecule has 0 radical (unpaired) electrons. The summed E-state index contributed by atoms with van der Waals surface area (Å²) in [6.45, 7) is 3.67. The van der Waals surface area contributed by atoms with Crippen LogP contribution in [0.3, 0.4) is 0 Å². The van der Waals surface area contributed by atoms with Gasteiger partial charge in [0.05, 0.1) is 18.9 Å². The zero-order valence-electron chi connectivity index (χ0n) is 13.0. The third-order valence-corrected chi connectivity index (χ3v) is 4.68. The fourth-order valence-electron chi connectivity index (χ4n) is 2.48. The van der Waals surface area contributed by atoms with Crippen molar-refractivity contribution in [1.29, 1.82) is 0 Å². The van der Waals surface area contributed by atoms with Crippen molar-refractivity contribution in [3.8, 4) is 10.6 Å². The summed E-state index contributed by atoms with van der Waals surface area (Å²) < 4.78 is 5.41. The second-order valence-corrected chi connectivity index (χ2v) is 6.62. The summed E-state index contributed by atoms with van der Waals surface area (Å²) in [6.07, 6.45) is 4.40. The third-order valence-electron chi connectivity index (χ3n) is 3.74. The van der Waals surface area contributed by atoms with Gasteiger partial charge in [0, 0.05) is 55.9 Å². The van der Waals surface area contributed by atoms with Crippen LogP contribution >= 0.6 is 11.3 Å². The van der Waals surface area contributed by atoms with Crippen molar-refractivity contribution in [1.82, 2.24) is 20.6 Å². The first-order chi connectivity index (χ1) is 11.3. The normalized spacial score (nSPS) is 22.0. The van der Waals surface area contributed by atoms with Gasteiger partial charge in [0.1, 0.15) is 10.6 Å². The van der Waals surface area contributed by atoms with Gasteiger partial charge in [-0.2, -0.15) is 0 Å². The number of pyridine rings is 1. The van der Waals surface area contributed by atoms with Gasteiger partial charge < -0.3 is 20.5 Å². The standard InChI is InChI=1S/C16H22N4O2S/c21-16(11-19-7-8-22-12-16)10-18-6-3-14-9-23-15(20-14)13-1-4-17-5-2-13/h1-2,4-5,9,18-19,21H,3,6-8,10-12H2. The Hall–Kier alpha value is -1.38. The molecule has 1 unspecified atom stereocenters. The summed E-state index contributed by atoms with van der Waals surface area (Å²) in [5, 5.41) is 20.0. The monoisotopic (exact) mass is 334 g/mol. The maximum atomic E-state index is 10.4. The van der Waals surface area contributed by atoms with Crippen molar-refractivity contribution < 1.29 is 9.84 Å². The summed E-state index contributed by atoms with van der Waals surface area (Å²) in [4.78, 5) is 8.67. The van der Waals surface area contributed by atoms with Crippen LogP contribution in [0.4, 0.5) is 0 Å². The number of hydrogen-bond donors (Lipinski definition) is 3. The highest BCUT2D eigenvalue weighted by molar-refractivity contribution is 7.13. The third kappa shape index (κ3) is 4.79. The largest absolute Gasteiger partial charge is 0.385 e. The molecule has 1 saturated heterocycles. The molecule has 23 heavy (non-hydrogen) atoms. The number of nitrogens with one attached hydrogen (secondary N) is 2. The quantitative estimate of drug-likeness (QED) is 0.675. The smallest absolute Gasteiger partial charge is 0.123 e. The van der Waals surface area contributed by atoms with Crippen LogP contribution in [0.2, 0.25) is 0 Å². The second kappa shape index (κ2) is 7.94. The van der Waals surface area contributed by atoms with Crippen molar-refractivity contribution in [2.45, 2.75) is 12.0 Å². The molecule has 3 N–H and O–H groups in total. The summed E-state index contributed by atoms with van der Waals surface area (Å²) >= 11 is 1.64. The highest BCUT2D eigenvalue weighted by atomic mass is 32.1. The number of ether oxygens (including phenoxy) is 1. The Labute approximate surface area is 139 Å². The van der Waals surface area contributed by atoms with Crippen LogP contribution in [0.1, 0.15) is 5.69 Å². The summed E-state index contributed by atoms with van der Waals surface area (Å²) in [5.41, 5.74) is 1.33. The van der Waals surface area contributed by atoms with Gasteiger partial charge in [0.15, 0.2) is 0 Å². The molecule has 1 aliphatic rings. The van der Waals surface area contributed by atoms with E-state index in [4.69, 9.17) is 4.74 Å². The van der Waals surface area contributed by atoms with Crippen molar-refractivity contribution in [2.24, 2.45) is 0 Å². The van der Waals surface area contributed by atoms with E-state index in [1.54, 1.807) is 23.7 Å². The van der Waals surface area contributed by atoms with E-state index in [1.165, 1.54) is 0 Å². The SMILES string of the molecule is OC1(CNCCc2csc(-c3ccncc3)n2)CNCCOC1. The fourth-order valence-corrected chi connectivity index (χ4v) is 3.34. The van der Waals surface area contributed by atoms with Gasteiger partial charge in [-0.3, -0.25) is 4.98 Å². The topological polar surface area (TPSA) is 79.3 Å². The predicted octanol–water partition coefficient (Wildman–Crippen LogP) is 0.688. The van der Waals surface area contributed by atoms with Crippen LogP contribution in [-0.4, -0.2) is 60.1 Å². The average Bonchev–Trinajstić information content (AvgIpc) is 2.94. The lowest BCUT2D eigenvalue weighted by Gasteiger charge is -2.26. The van der Waals surface area contributed by atoms with Gasteiger partial charge >= 0.3 is 0 Å². The number of aromatic nitrogens is 2. The summed E-state index contributed by atoms with van der Waals surface area (Å²) in [5.74, 6) is 0. The Balaban J connectivity index is 1.45. The molecule has 7 heteroatoms. The van der Waals surface area contributed by atoms with Crippen LogP contribution in [0.25, 0.3) is 10.6 Å². The lowest BCUT2D eigenvalue weighted by Crippen LogP contribution is -2.50. The number of nitrogens with zero attached hydrogens (tertiary/aromatic N) is 2. The molecule has 0 spiro atoms. The minimum absolute atomic E-state index is 0.371. The number of thiazole rings is 1. The van der Waals surface area contributed by atoms with E-state index in [2.05, 4.69) is 26.0 Å². The Kier molecular flexibility index (Phi) is 5.69. The molecule has 0 aromatic carbocycles. The van der Waals surface area contributed by atoms with E-state index >= 15 is 0 Å². The first-order valence-electron chi connectivity index (χ1n) is 7.82. The Morgan fingerprint density at radius 3 is 3.13 bits per heavy atom. The number of β-amino-alcohol motifs (C(OH)–C–C–N with tert-alkyl or cyclic N) is 1. The van der Waals surface area contributed by atoms with Gasteiger partial charge in [0.2, 0.25) is 0 Å². The molecule has 2 aromatic heterocycles. The lowest BCUT2D eigenvalue weighted by atomic mass is 10.1. The maximum Gasteiger partial charge on any atom is 0.123 e. The van der Waals surface area contributed by atoms with Crippen molar-refractivity contribution in [3.63, 3.8) is 0 Å². The first-order valence-corrected chi connectivity index (χ1v) is 8.70. The molecule has 1 fully saturated rings. The van der Waals surface area contributed by atoms with Crippen LogP contribution < -0.4 is 10.6 Å². The van der Waals surface area contributed by atoms with Gasteiger partial charge in [-0.25, -0.2) is 4.98 Å². The molecule has 0 amide bonds. The van der Waals surface area contributed by atoms with Crippen molar-refractivity contribution in [2.75, 3.05) is 39.4 Å². The molecule has 3 rings (SSSR count). The average molecular weight is 334 g/mol. The Morgan fingerprint density at radius 2 is 2.26 bits per heavy atom. The molecule has 124 valence electrons. The number of aliphatic hydroxyl groups is 1. The number of hydrogen-bond acceptors (Lipinski definition) is 7. The second-order valence-electron chi connectivity index (χ2n) is 5.76. The van der Waals surface area contributed by atoms with Crippen LogP contribution in [0, 0.1) is 0 Å². The Bertz CT molecular complexity index is 597. The van der Waals surface area contributed by atoms with Crippen LogP contribution in [-0.2, 0) is 11.2 Å². The molecule has 2 aromatic rings. The molecule has 0 saturated carbocycles. The molecular weight excluding hydrogens is 312 g/mol. The first kappa shape index (κ1) is 16.5. The summed E-state index contributed by atoms with van der Waals surface area (Å²) in [6, 6.07) is 3.94. The van der Waals surface area contributed by atoms with Gasteiger partial charge in [-0.15, -0.1) is 11.3 Å². The zero-order valence-corrected chi connectivity index (χ0v) is 13.8. The Morgan fingerprint density at radius 1 is 1.39 bits per heavy atom. The zero-order chi connectivity index (χ0) is 16.0. The van der Waals surface area contributed by atoms with E-state index in [0.717, 1.165) is 35.8 Å². The molecule has 0 bridgehead atoms. The van der Waals surface area contributed by atoms with Crippen LogP contribution in [0.5, 0.6) is 0 Å². The van der Waals surface area contributed by atoms with Gasteiger partial charge in [0.25, 0.3) is 0 Å². The highest BCUT2D eigenvalue weighted by Gasteiger charge is 2.28. The van der Waals surface area contributed by atoms with E-state index in [1.807, 2.05) is 12.1 Å². The van der Waals surface area contributed by atoms with E-state index in [0.29, 0.717) is 26.3 Å². The molecule has 6 nitrogen and oxygen atoms in total. The van der Waals surface area contributed by atoms with E-state index in [-0.39, 0.29) is 0 Å².